The van der Waals surface area contributed by atoms with Gasteiger partial charge < -0.3 is 10.1 Å². The van der Waals surface area contributed by atoms with E-state index in [1.807, 2.05) is 11.4 Å². The molecule has 0 amide bonds. The van der Waals surface area contributed by atoms with Gasteiger partial charge in [0.2, 0.25) is 0 Å². The molecule has 4 heteroatoms. The third kappa shape index (κ3) is 1.47. The third-order valence-corrected chi connectivity index (χ3v) is 3.20. The quantitative estimate of drug-likeness (QED) is 0.724. The monoisotopic (exact) mass is 197 g/mol. The number of nitrogens with one attached hydrogen (secondary N) is 1. The predicted molar refractivity (Wildman–Crippen MR) is 51.3 cm³/mol. The number of thiophene rings is 1. The summed E-state index contributed by atoms with van der Waals surface area (Å²) in [5.41, 5.74) is 1.13. The molecule has 0 spiro atoms. The van der Waals surface area contributed by atoms with Crippen molar-refractivity contribution in [1.82, 2.24) is 5.32 Å². The highest BCUT2D eigenvalue weighted by Crippen LogP contribution is 2.28. The minimum atomic E-state index is -0.211. The van der Waals surface area contributed by atoms with E-state index in [-0.39, 0.29) is 5.97 Å². The van der Waals surface area contributed by atoms with E-state index in [4.69, 9.17) is 4.74 Å². The van der Waals surface area contributed by atoms with Gasteiger partial charge in [0.25, 0.3) is 0 Å². The summed E-state index contributed by atoms with van der Waals surface area (Å²) in [6.45, 7) is 1.95. The maximum atomic E-state index is 11.3. The van der Waals surface area contributed by atoms with Crippen LogP contribution in [0.25, 0.3) is 0 Å². The van der Waals surface area contributed by atoms with Crippen LogP contribution >= 0.6 is 11.3 Å². The molecule has 0 saturated carbocycles. The van der Waals surface area contributed by atoms with Gasteiger partial charge in [-0.15, -0.1) is 11.3 Å². The number of hydrogen-bond donors (Lipinski definition) is 1. The van der Waals surface area contributed by atoms with E-state index < -0.39 is 0 Å². The second kappa shape index (κ2) is 3.47. The zero-order valence-corrected chi connectivity index (χ0v) is 8.19. The van der Waals surface area contributed by atoms with Gasteiger partial charge in [-0.25, -0.2) is 4.79 Å². The van der Waals surface area contributed by atoms with Gasteiger partial charge in [0.1, 0.15) is 4.88 Å². The molecule has 1 aliphatic heterocycles. The molecule has 2 rings (SSSR count). The van der Waals surface area contributed by atoms with Crippen LogP contribution < -0.4 is 5.32 Å². The maximum Gasteiger partial charge on any atom is 0.348 e. The SMILES string of the molecule is COC(=O)c1sccc1C1CNC1. The average molecular weight is 197 g/mol. The van der Waals surface area contributed by atoms with E-state index in [2.05, 4.69) is 5.32 Å². The number of rotatable bonds is 2. The zero-order chi connectivity index (χ0) is 9.26. The fourth-order valence-electron chi connectivity index (χ4n) is 1.41. The first kappa shape index (κ1) is 8.72. The van der Waals surface area contributed by atoms with Gasteiger partial charge in [-0.3, -0.25) is 0 Å². The van der Waals surface area contributed by atoms with Gasteiger partial charge in [0, 0.05) is 19.0 Å². The van der Waals surface area contributed by atoms with Gasteiger partial charge in [0.05, 0.1) is 7.11 Å². The van der Waals surface area contributed by atoms with Crippen molar-refractivity contribution >= 4 is 17.3 Å². The van der Waals surface area contributed by atoms with Crippen LogP contribution in [0.4, 0.5) is 0 Å². The van der Waals surface area contributed by atoms with E-state index in [1.54, 1.807) is 0 Å². The Morgan fingerprint density at radius 3 is 3.00 bits per heavy atom. The third-order valence-electron chi connectivity index (χ3n) is 2.29. The highest BCUT2D eigenvalue weighted by Gasteiger charge is 2.25. The number of carbonyl (C=O) groups excluding carboxylic acids is 1. The minimum absolute atomic E-state index is 0.211. The average Bonchev–Trinajstić information content (AvgIpc) is 2.49. The van der Waals surface area contributed by atoms with Crippen LogP contribution in [0.5, 0.6) is 0 Å². The molecule has 1 fully saturated rings. The lowest BCUT2D eigenvalue weighted by Crippen LogP contribution is -2.40. The van der Waals surface area contributed by atoms with Crippen LogP contribution in [0.15, 0.2) is 11.4 Å². The summed E-state index contributed by atoms with van der Waals surface area (Å²) < 4.78 is 4.71. The van der Waals surface area contributed by atoms with Crippen molar-refractivity contribution in [2.75, 3.05) is 20.2 Å². The first-order chi connectivity index (χ1) is 6.33. The molecule has 0 unspecified atom stereocenters. The fourth-order valence-corrected chi connectivity index (χ4v) is 2.31. The zero-order valence-electron chi connectivity index (χ0n) is 7.37. The van der Waals surface area contributed by atoms with Crippen LogP contribution in [0, 0.1) is 0 Å². The molecule has 1 N–H and O–H groups in total. The molecule has 0 radical (unpaired) electrons. The maximum absolute atomic E-state index is 11.3. The number of hydrogen-bond acceptors (Lipinski definition) is 4. The second-order valence-corrected chi connectivity index (χ2v) is 3.97. The summed E-state index contributed by atoms with van der Waals surface area (Å²) in [4.78, 5) is 12.1. The highest BCUT2D eigenvalue weighted by molar-refractivity contribution is 7.12. The number of methoxy groups -OCH3 is 1. The van der Waals surface area contributed by atoms with Crippen LogP contribution in [0.1, 0.15) is 21.2 Å². The molecule has 1 aromatic heterocycles. The molecule has 1 aromatic rings. The number of carbonyl (C=O) groups is 1. The van der Waals surface area contributed by atoms with Crippen molar-refractivity contribution in [3.8, 4) is 0 Å². The molecule has 70 valence electrons. The Morgan fingerprint density at radius 2 is 2.46 bits per heavy atom. The standard InChI is InChI=1S/C9H11NO2S/c1-12-9(11)8-7(2-3-13-8)6-4-10-5-6/h2-3,6,10H,4-5H2,1H3. The molecule has 2 heterocycles. The Morgan fingerprint density at radius 1 is 1.69 bits per heavy atom. The molecule has 1 saturated heterocycles. The predicted octanol–water partition coefficient (Wildman–Crippen LogP) is 1.22. The summed E-state index contributed by atoms with van der Waals surface area (Å²) in [5, 5.41) is 5.13. The molecule has 0 aliphatic carbocycles. The second-order valence-electron chi connectivity index (χ2n) is 3.05. The Kier molecular flexibility index (Phi) is 2.33. The Balaban J connectivity index is 2.24. The molecule has 3 nitrogen and oxygen atoms in total. The highest BCUT2D eigenvalue weighted by atomic mass is 32.1. The lowest BCUT2D eigenvalue weighted by atomic mass is 9.94. The van der Waals surface area contributed by atoms with E-state index >= 15 is 0 Å². The van der Waals surface area contributed by atoms with E-state index in [1.165, 1.54) is 18.4 Å². The molecule has 0 aromatic carbocycles. The number of esters is 1. The van der Waals surface area contributed by atoms with Gasteiger partial charge in [-0.05, 0) is 17.0 Å². The van der Waals surface area contributed by atoms with Gasteiger partial charge in [-0.1, -0.05) is 0 Å². The van der Waals surface area contributed by atoms with Gasteiger partial charge in [0.15, 0.2) is 0 Å². The van der Waals surface area contributed by atoms with Crippen molar-refractivity contribution < 1.29 is 9.53 Å². The Bertz CT molecular complexity index is 317. The van der Waals surface area contributed by atoms with Gasteiger partial charge in [-0.2, -0.15) is 0 Å². The van der Waals surface area contributed by atoms with E-state index in [0.717, 1.165) is 23.5 Å². The molecule has 13 heavy (non-hydrogen) atoms. The lowest BCUT2D eigenvalue weighted by molar-refractivity contribution is 0.0604. The Hall–Kier alpha value is -0.870. The normalized spacial score (nSPS) is 16.7. The van der Waals surface area contributed by atoms with Crippen molar-refractivity contribution in [3.05, 3.63) is 21.9 Å². The van der Waals surface area contributed by atoms with Crippen molar-refractivity contribution in [2.45, 2.75) is 5.92 Å². The van der Waals surface area contributed by atoms with Crippen molar-refractivity contribution in [3.63, 3.8) is 0 Å². The number of ether oxygens (including phenoxy) is 1. The fraction of sp³-hybridized carbons (Fsp3) is 0.444. The summed E-state index contributed by atoms with van der Waals surface area (Å²) in [6, 6.07) is 2.02. The topological polar surface area (TPSA) is 38.3 Å². The minimum Gasteiger partial charge on any atom is -0.465 e. The molecule has 0 bridgehead atoms. The smallest absolute Gasteiger partial charge is 0.348 e. The largest absolute Gasteiger partial charge is 0.465 e. The van der Waals surface area contributed by atoms with Gasteiger partial charge >= 0.3 is 5.97 Å². The summed E-state index contributed by atoms with van der Waals surface area (Å²) >= 11 is 1.46. The molecular formula is C9H11NO2S. The molecular weight excluding hydrogens is 186 g/mol. The van der Waals surface area contributed by atoms with E-state index in [0.29, 0.717) is 5.92 Å². The summed E-state index contributed by atoms with van der Waals surface area (Å²) in [5.74, 6) is 0.289. The lowest BCUT2D eigenvalue weighted by Gasteiger charge is -2.27. The van der Waals surface area contributed by atoms with Crippen molar-refractivity contribution in [2.24, 2.45) is 0 Å². The first-order valence-corrected chi connectivity index (χ1v) is 5.07. The molecule has 1 aliphatic rings. The van der Waals surface area contributed by atoms with Crippen LogP contribution in [0.3, 0.4) is 0 Å². The van der Waals surface area contributed by atoms with Crippen molar-refractivity contribution in [1.29, 1.82) is 0 Å². The summed E-state index contributed by atoms with van der Waals surface area (Å²) in [6.07, 6.45) is 0. The van der Waals surface area contributed by atoms with Crippen LogP contribution in [-0.2, 0) is 4.74 Å². The van der Waals surface area contributed by atoms with Crippen LogP contribution in [-0.4, -0.2) is 26.2 Å². The molecule has 0 atom stereocenters. The van der Waals surface area contributed by atoms with E-state index in [9.17, 15) is 4.79 Å². The van der Waals surface area contributed by atoms with Crippen LogP contribution in [0.2, 0.25) is 0 Å². The first-order valence-electron chi connectivity index (χ1n) is 4.19. The summed E-state index contributed by atoms with van der Waals surface area (Å²) in [7, 11) is 1.42. The Labute approximate surface area is 80.7 Å².